The number of hydrogen-bond donors (Lipinski definition) is 1. The molecule has 0 spiro atoms. The molecule has 1 aliphatic heterocycles. The summed E-state index contributed by atoms with van der Waals surface area (Å²) in [7, 11) is 0. The van der Waals surface area contributed by atoms with E-state index in [0.717, 1.165) is 30.3 Å². The van der Waals surface area contributed by atoms with Crippen molar-refractivity contribution in [2.24, 2.45) is 5.92 Å². The van der Waals surface area contributed by atoms with Crippen molar-refractivity contribution in [1.82, 2.24) is 0 Å². The predicted octanol–water partition coefficient (Wildman–Crippen LogP) is 3.24. The molecule has 0 aliphatic carbocycles. The van der Waals surface area contributed by atoms with Gasteiger partial charge in [0.25, 0.3) is 0 Å². The lowest BCUT2D eigenvalue weighted by Crippen LogP contribution is -2.25. The predicted molar refractivity (Wildman–Crippen MR) is 77.0 cm³/mol. The second kappa shape index (κ2) is 6.08. The Morgan fingerprint density at radius 3 is 2.84 bits per heavy atom. The van der Waals surface area contributed by atoms with Crippen LogP contribution in [-0.4, -0.2) is 18.2 Å². The zero-order chi connectivity index (χ0) is 13.8. The third-order valence-corrected chi connectivity index (χ3v) is 3.97. The van der Waals surface area contributed by atoms with Crippen LogP contribution in [0.3, 0.4) is 0 Å². The van der Waals surface area contributed by atoms with Gasteiger partial charge in [-0.1, -0.05) is 13.0 Å². The molecule has 1 N–H and O–H groups in total. The van der Waals surface area contributed by atoms with Crippen LogP contribution >= 0.6 is 0 Å². The quantitative estimate of drug-likeness (QED) is 0.886. The first-order valence-corrected chi connectivity index (χ1v) is 7.09. The number of aliphatic hydroxyl groups is 1. The molecule has 3 nitrogen and oxygen atoms in total. The number of benzene rings is 1. The topological polar surface area (TPSA) is 47.3 Å². The summed E-state index contributed by atoms with van der Waals surface area (Å²) in [5.74, 6) is 0.763. The molecule has 0 saturated carbocycles. The maximum Gasteiger partial charge on any atom is 0.0992 e. The Morgan fingerprint density at radius 1 is 1.37 bits per heavy atom. The Kier molecular flexibility index (Phi) is 4.44. The Balaban J connectivity index is 2.33. The molecule has 102 valence electrons. The Morgan fingerprint density at radius 2 is 2.16 bits per heavy atom. The van der Waals surface area contributed by atoms with Crippen molar-refractivity contribution in [2.45, 2.75) is 39.2 Å². The first-order chi connectivity index (χ1) is 9.11. The fourth-order valence-corrected chi connectivity index (χ4v) is 2.74. The van der Waals surface area contributed by atoms with Gasteiger partial charge >= 0.3 is 0 Å². The highest BCUT2D eigenvalue weighted by Crippen LogP contribution is 2.30. The van der Waals surface area contributed by atoms with Gasteiger partial charge in [-0.05, 0) is 44.2 Å². The molecule has 1 heterocycles. The summed E-state index contributed by atoms with van der Waals surface area (Å²) < 4.78 is 0. The van der Waals surface area contributed by atoms with E-state index < -0.39 is 6.10 Å². The average molecular weight is 258 g/mol. The van der Waals surface area contributed by atoms with Crippen molar-refractivity contribution in [2.75, 3.05) is 18.0 Å². The Bertz CT molecular complexity index is 476. The fraction of sp³-hybridized carbons (Fsp3) is 0.562. The normalized spacial score (nSPS) is 21.6. The fourth-order valence-electron chi connectivity index (χ4n) is 2.74. The van der Waals surface area contributed by atoms with Crippen molar-refractivity contribution >= 4 is 5.69 Å². The minimum absolute atomic E-state index is 0.497. The SMILES string of the molecule is CC1CCCN(c2cc(C#N)ccc2C(C)O)CC1. The number of aliphatic hydroxyl groups excluding tert-OH is 1. The van der Waals surface area contributed by atoms with Gasteiger partial charge in [0.15, 0.2) is 0 Å². The summed E-state index contributed by atoms with van der Waals surface area (Å²) in [6.45, 7) is 6.10. The van der Waals surface area contributed by atoms with Crippen LogP contribution in [0.15, 0.2) is 18.2 Å². The summed E-state index contributed by atoms with van der Waals surface area (Å²) in [4.78, 5) is 2.33. The van der Waals surface area contributed by atoms with Gasteiger partial charge in [-0.15, -0.1) is 0 Å². The minimum atomic E-state index is -0.497. The molecule has 0 amide bonds. The van der Waals surface area contributed by atoms with Crippen molar-refractivity contribution < 1.29 is 5.11 Å². The van der Waals surface area contributed by atoms with E-state index in [4.69, 9.17) is 5.26 Å². The second-order valence-corrected chi connectivity index (χ2v) is 5.58. The summed E-state index contributed by atoms with van der Waals surface area (Å²) in [6, 6.07) is 7.77. The molecule has 3 heteroatoms. The number of nitrogens with zero attached hydrogens (tertiary/aromatic N) is 2. The van der Waals surface area contributed by atoms with Crippen molar-refractivity contribution in [3.63, 3.8) is 0 Å². The third kappa shape index (κ3) is 3.27. The molecule has 2 rings (SSSR count). The number of nitriles is 1. The van der Waals surface area contributed by atoms with Gasteiger partial charge in [0.1, 0.15) is 0 Å². The molecule has 1 aliphatic rings. The largest absolute Gasteiger partial charge is 0.389 e. The van der Waals surface area contributed by atoms with E-state index in [1.165, 1.54) is 19.3 Å². The molecule has 19 heavy (non-hydrogen) atoms. The van der Waals surface area contributed by atoms with Gasteiger partial charge in [-0.25, -0.2) is 0 Å². The van der Waals surface area contributed by atoms with E-state index in [2.05, 4.69) is 17.9 Å². The van der Waals surface area contributed by atoms with Crippen LogP contribution in [0, 0.1) is 17.2 Å². The number of hydrogen-bond acceptors (Lipinski definition) is 3. The van der Waals surface area contributed by atoms with Crippen LogP contribution in [0.25, 0.3) is 0 Å². The van der Waals surface area contributed by atoms with Crippen molar-refractivity contribution in [1.29, 1.82) is 5.26 Å². The molecule has 0 aromatic heterocycles. The van der Waals surface area contributed by atoms with E-state index in [9.17, 15) is 5.11 Å². The van der Waals surface area contributed by atoms with Crippen molar-refractivity contribution in [3.8, 4) is 6.07 Å². The highest BCUT2D eigenvalue weighted by Gasteiger charge is 2.18. The van der Waals surface area contributed by atoms with Gasteiger partial charge in [0.2, 0.25) is 0 Å². The summed E-state index contributed by atoms with van der Waals surface area (Å²) in [6.07, 6.45) is 3.12. The van der Waals surface area contributed by atoms with E-state index in [-0.39, 0.29) is 0 Å². The first kappa shape index (κ1) is 13.9. The van der Waals surface area contributed by atoms with E-state index >= 15 is 0 Å². The second-order valence-electron chi connectivity index (χ2n) is 5.58. The molecular weight excluding hydrogens is 236 g/mol. The standard InChI is InChI=1S/C16H22N2O/c1-12-4-3-8-18(9-7-12)16-10-14(11-17)5-6-15(16)13(2)19/h5-6,10,12-13,19H,3-4,7-9H2,1-2H3. The molecule has 2 unspecified atom stereocenters. The molecule has 0 radical (unpaired) electrons. The van der Waals surface area contributed by atoms with E-state index in [1.54, 1.807) is 13.0 Å². The van der Waals surface area contributed by atoms with Crippen molar-refractivity contribution in [3.05, 3.63) is 29.3 Å². The van der Waals surface area contributed by atoms with Crippen LogP contribution in [0.1, 0.15) is 50.3 Å². The lowest BCUT2D eigenvalue weighted by Gasteiger charge is -2.26. The van der Waals surface area contributed by atoms with Crippen LogP contribution in [0.4, 0.5) is 5.69 Å². The smallest absolute Gasteiger partial charge is 0.0992 e. The van der Waals surface area contributed by atoms with Crippen LogP contribution in [-0.2, 0) is 0 Å². The average Bonchev–Trinajstić information content (AvgIpc) is 2.62. The van der Waals surface area contributed by atoms with Gasteiger partial charge in [-0.2, -0.15) is 5.26 Å². The lowest BCUT2D eigenvalue weighted by atomic mass is 10.0. The maximum absolute atomic E-state index is 9.91. The molecule has 1 fully saturated rings. The third-order valence-electron chi connectivity index (χ3n) is 3.97. The highest BCUT2D eigenvalue weighted by molar-refractivity contribution is 5.58. The van der Waals surface area contributed by atoms with Gasteiger partial charge in [0.05, 0.1) is 17.7 Å². The number of rotatable bonds is 2. The van der Waals surface area contributed by atoms with Crippen LogP contribution < -0.4 is 4.90 Å². The molecule has 0 bridgehead atoms. The summed E-state index contributed by atoms with van der Waals surface area (Å²) >= 11 is 0. The van der Waals surface area contributed by atoms with Crippen LogP contribution in [0.2, 0.25) is 0 Å². The molecule has 1 aromatic carbocycles. The van der Waals surface area contributed by atoms with Gasteiger partial charge in [-0.3, -0.25) is 0 Å². The molecule has 1 aromatic rings. The zero-order valence-electron chi connectivity index (χ0n) is 11.8. The molecule has 1 saturated heterocycles. The zero-order valence-corrected chi connectivity index (χ0v) is 11.8. The highest BCUT2D eigenvalue weighted by atomic mass is 16.3. The summed E-state index contributed by atoms with van der Waals surface area (Å²) in [5.41, 5.74) is 2.62. The molecular formula is C16H22N2O. The maximum atomic E-state index is 9.91. The Hall–Kier alpha value is -1.53. The van der Waals surface area contributed by atoms with Gasteiger partial charge < -0.3 is 10.0 Å². The first-order valence-electron chi connectivity index (χ1n) is 7.09. The van der Waals surface area contributed by atoms with Crippen LogP contribution in [0.5, 0.6) is 0 Å². The summed E-state index contributed by atoms with van der Waals surface area (Å²) in [5, 5.41) is 19.0. The van der Waals surface area contributed by atoms with Gasteiger partial charge in [0, 0.05) is 24.3 Å². The molecule has 2 atom stereocenters. The number of anilines is 1. The Labute approximate surface area is 115 Å². The van der Waals surface area contributed by atoms with E-state index in [0.29, 0.717) is 5.56 Å². The van der Waals surface area contributed by atoms with E-state index in [1.807, 2.05) is 12.1 Å². The monoisotopic (exact) mass is 258 g/mol. The minimum Gasteiger partial charge on any atom is -0.389 e. The lowest BCUT2D eigenvalue weighted by molar-refractivity contribution is 0.199.